The molecule has 1 N–H and O–H groups in total. The first-order valence-corrected chi connectivity index (χ1v) is 7.28. The Labute approximate surface area is 108 Å². The normalized spacial score (nSPS) is 20.7. The van der Waals surface area contributed by atoms with Gasteiger partial charge in [-0.25, -0.2) is 4.79 Å². The Morgan fingerprint density at radius 1 is 1.53 bits per heavy atom. The summed E-state index contributed by atoms with van der Waals surface area (Å²) in [5.74, 6) is 1.62. The number of likely N-dealkylation sites (tertiary alicyclic amines) is 1. The van der Waals surface area contributed by atoms with Gasteiger partial charge in [0.1, 0.15) is 5.60 Å². The quantitative estimate of drug-likeness (QED) is 0.788. The molecule has 100 valence electrons. The van der Waals surface area contributed by atoms with E-state index < -0.39 is 5.60 Å². The van der Waals surface area contributed by atoms with Gasteiger partial charge in [-0.05, 0) is 33.6 Å². The number of nitrogens with zero attached hydrogens (tertiary/aromatic N) is 1. The molecule has 0 aliphatic carbocycles. The first-order valence-electron chi connectivity index (χ1n) is 6.12. The second-order valence-electron chi connectivity index (χ2n) is 5.27. The molecule has 1 saturated heterocycles. The summed E-state index contributed by atoms with van der Waals surface area (Å²) in [5.41, 5.74) is -0.428. The molecule has 1 rings (SSSR count). The van der Waals surface area contributed by atoms with E-state index in [1.807, 2.05) is 25.7 Å². The molecular formula is C12H23NO3S. The number of amides is 1. The topological polar surface area (TPSA) is 49.8 Å². The van der Waals surface area contributed by atoms with E-state index >= 15 is 0 Å². The molecular weight excluding hydrogens is 238 g/mol. The maximum atomic E-state index is 11.9. The molecule has 1 aliphatic rings. The van der Waals surface area contributed by atoms with Crippen molar-refractivity contribution in [1.82, 2.24) is 4.90 Å². The molecule has 0 aromatic rings. The average Bonchev–Trinajstić information content (AvgIpc) is 2.64. The van der Waals surface area contributed by atoms with Crippen LogP contribution in [0.15, 0.2) is 0 Å². The van der Waals surface area contributed by atoms with Crippen molar-refractivity contribution in [3.63, 3.8) is 0 Å². The molecule has 1 amide bonds. The summed E-state index contributed by atoms with van der Waals surface area (Å²) in [6.45, 7) is 6.65. The fourth-order valence-electron chi connectivity index (χ4n) is 1.85. The predicted molar refractivity (Wildman–Crippen MR) is 70.4 cm³/mol. The van der Waals surface area contributed by atoms with Crippen LogP contribution in [0.25, 0.3) is 0 Å². The van der Waals surface area contributed by atoms with E-state index in [9.17, 15) is 4.79 Å². The highest BCUT2D eigenvalue weighted by molar-refractivity contribution is 7.99. The Morgan fingerprint density at radius 2 is 2.24 bits per heavy atom. The molecule has 0 bridgehead atoms. The Kier molecular flexibility index (Phi) is 5.59. The molecule has 1 fully saturated rings. The minimum atomic E-state index is -0.428. The third-order valence-electron chi connectivity index (χ3n) is 2.55. The first-order chi connectivity index (χ1) is 7.94. The molecule has 4 nitrogen and oxygen atoms in total. The molecule has 5 heteroatoms. The van der Waals surface area contributed by atoms with E-state index in [1.165, 1.54) is 0 Å². The lowest BCUT2D eigenvalue weighted by Gasteiger charge is -2.28. The van der Waals surface area contributed by atoms with E-state index in [1.54, 1.807) is 11.8 Å². The van der Waals surface area contributed by atoms with Crippen LogP contribution in [0, 0.1) is 0 Å². The van der Waals surface area contributed by atoms with Crippen molar-refractivity contribution in [2.45, 2.75) is 45.3 Å². The zero-order chi connectivity index (χ0) is 12.9. The van der Waals surface area contributed by atoms with Gasteiger partial charge in [-0.3, -0.25) is 0 Å². The highest BCUT2D eigenvalue weighted by Crippen LogP contribution is 2.23. The molecule has 0 aromatic heterocycles. The molecule has 1 heterocycles. The summed E-state index contributed by atoms with van der Waals surface area (Å²) in [6, 6.07) is 0.265. The molecule has 0 saturated carbocycles. The fraction of sp³-hybridized carbons (Fsp3) is 0.917. The van der Waals surface area contributed by atoms with Gasteiger partial charge in [-0.15, -0.1) is 0 Å². The fourth-order valence-corrected chi connectivity index (χ4v) is 2.77. The number of carbonyl (C=O) groups excluding carboxylic acids is 1. The minimum absolute atomic E-state index is 0.198. The summed E-state index contributed by atoms with van der Waals surface area (Å²) < 4.78 is 5.39. The van der Waals surface area contributed by atoms with Gasteiger partial charge in [0.05, 0.1) is 6.61 Å². The second kappa shape index (κ2) is 6.50. The SMILES string of the molecule is CC(C)(C)OC(=O)N1CCC[C@H]1CSCCO. The maximum Gasteiger partial charge on any atom is 0.410 e. The van der Waals surface area contributed by atoms with Gasteiger partial charge in [-0.1, -0.05) is 0 Å². The average molecular weight is 261 g/mol. The van der Waals surface area contributed by atoms with Crippen molar-refractivity contribution in [2.75, 3.05) is 24.7 Å². The number of rotatable bonds is 4. The number of hydrogen-bond acceptors (Lipinski definition) is 4. The van der Waals surface area contributed by atoms with Gasteiger partial charge < -0.3 is 14.7 Å². The molecule has 0 unspecified atom stereocenters. The number of thioether (sulfide) groups is 1. The summed E-state index contributed by atoms with van der Waals surface area (Å²) in [5, 5.41) is 8.74. The van der Waals surface area contributed by atoms with Crippen LogP contribution < -0.4 is 0 Å². The van der Waals surface area contributed by atoms with E-state index in [0.717, 1.165) is 30.9 Å². The maximum absolute atomic E-state index is 11.9. The minimum Gasteiger partial charge on any atom is -0.444 e. The lowest BCUT2D eigenvalue weighted by molar-refractivity contribution is 0.0242. The van der Waals surface area contributed by atoms with Gasteiger partial charge >= 0.3 is 6.09 Å². The number of hydrogen-bond donors (Lipinski definition) is 1. The molecule has 0 aromatic carbocycles. The van der Waals surface area contributed by atoms with E-state index in [0.29, 0.717) is 0 Å². The van der Waals surface area contributed by atoms with Crippen LogP contribution in [0.4, 0.5) is 4.79 Å². The van der Waals surface area contributed by atoms with Gasteiger partial charge in [0.2, 0.25) is 0 Å². The van der Waals surface area contributed by atoms with Gasteiger partial charge in [0, 0.05) is 24.1 Å². The van der Waals surface area contributed by atoms with E-state index in [2.05, 4.69) is 0 Å². The van der Waals surface area contributed by atoms with Crippen molar-refractivity contribution in [2.24, 2.45) is 0 Å². The first kappa shape index (κ1) is 14.6. The van der Waals surface area contributed by atoms with Crippen molar-refractivity contribution >= 4 is 17.9 Å². The summed E-state index contributed by atoms with van der Waals surface area (Å²) in [4.78, 5) is 13.8. The van der Waals surface area contributed by atoms with Crippen molar-refractivity contribution in [3.05, 3.63) is 0 Å². The van der Waals surface area contributed by atoms with Crippen molar-refractivity contribution in [1.29, 1.82) is 0 Å². The van der Waals surface area contributed by atoms with E-state index in [-0.39, 0.29) is 18.7 Å². The lowest BCUT2D eigenvalue weighted by atomic mass is 10.2. The molecule has 1 aliphatic heterocycles. The van der Waals surface area contributed by atoms with Crippen molar-refractivity contribution in [3.8, 4) is 0 Å². The lowest BCUT2D eigenvalue weighted by Crippen LogP contribution is -2.40. The van der Waals surface area contributed by atoms with Crippen LogP contribution in [-0.2, 0) is 4.74 Å². The number of ether oxygens (including phenoxy) is 1. The van der Waals surface area contributed by atoms with Crippen LogP contribution in [0.1, 0.15) is 33.6 Å². The van der Waals surface area contributed by atoms with Crippen LogP contribution in [0.5, 0.6) is 0 Å². The number of aliphatic hydroxyl groups excluding tert-OH is 1. The second-order valence-corrected chi connectivity index (χ2v) is 6.42. The van der Waals surface area contributed by atoms with E-state index in [4.69, 9.17) is 9.84 Å². The molecule has 17 heavy (non-hydrogen) atoms. The summed E-state index contributed by atoms with van der Waals surface area (Å²) in [7, 11) is 0. The van der Waals surface area contributed by atoms with Crippen LogP contribution in [0.2, 0.25) is 0 Å². The summed E-state index contributed by atoms with van der Waals surface area (Å²) >= 11 is 1.69. The Balaban J connectivity index is 2.42. The van der Waals surface area contributed by atoms with Gasteiger partial charge in [-0.2, -0.15) is 11.8 Å². The third kappa shape index (κ3) is 5.17. The highest BCUT2D eigenvalue weighted by atomic mass is 32.2. The number of carbonyl (C=O) groups is 1. The number of aliphatic hydroxyl groups is 1. The van der Waals surface area contributed by atoms with Crippen LogP contribution in [0.3, 0.4) is 0 Å². The summed E-state index contributed by atoms with van der Waals surface area (Å²) in [6.07, 6.45) is 1.88. The zero-order valence-electron chi connectivity index (χ0n) is 10.9. The van der Waals surface area contributed by atoms with Crippen molar-refractivity contribution < 1.29 is 14.6 Å². The molecule has 0 spiro atoms. The Bertz CT molecular complexity index is 253. The predicted octanol–water partition coefficient (Wildman–Crippen LogP) is 2.11. The molecule has 0 radical (unpaired) electrons. The Hall–Kier alpha value is -0.420. The zero-order valence-corrected chi connectivity index (χ0v) is 11.8. The van der Waals surface area contributed by atoms with Gasteiger partial charge in [0.25, 0.3) is 0 Å². The van der Waals surface area contributed by atoms with Gasteiger partial charge in [0.15, 0.2) is 0 Å². The van der Waals surface area contributed by atoms with Crippen LogP contribution in [-0.4, -0.2) is 52.4 Å². The standard InChI is InChI=1S/C12H23NO3S/c1-12(2,3)16-11(15)13-6-4-5-10(13)9-17-8-7-14/h10,14H,4-9H2,1-3H3/t10-/m0/s1. The largest absolute Gasteiger partial charge is 0.444 e. The highest BCUT2D eigenvalue weighted by Gasteiger charge is 2.31. The Morgan fingerprint density at radius 3 is 2.82 bits per heavy atom. The van der Waals surface area contributed by atoms with Crippen LogP contribution >= 0.6 is 11.8 Å². The third-order valence-corrected chi connectivity index (χ3v) is 3.64. The monoisotopic (exact) mass is 261 g/mol. The smallest absolute Gasteiger partial charge is 0.410 e. The molecule has 1 atom stereocenters.